The van der Waals surface area contributed by atoms with Crippen LogP contribution in [-0.4, -0.2) is 26.1 Å². The second kappa shape index (κ2) is 3.72. The summed E-state index contributed by atoms with van der Waals surface area (Å²) in [6, 6.07) is 0. The van der Waals surface area contributed by atoms with Crippen LogP contribution in [0.25, 0.3) is 0 Å². The second-order valence-corrected chi connectivity index (χ2v) is 6.07. The van der Waals surface area contributed by atoms with Crippen molar-refractivity contribution in [2.75, 3.05) is 6.26 Å². The van der Waals surface area contributed by atoms with Crippen molar-refractivity contribution in [2.24, 2.45) is 5.92 Å². The molecular weight excluding hydrogens is 217 g/mol. The Balaban J connectivity index is 2.91. The molecule has 0 aromatic heterocycles. The van der Waals surface area contributed by atoms with Crippen molar-refractivity contribution < 1.29 is 21.6 Å². The molecule has 1 saturated carbocycles. The molecule has 0 aliphatic heterocycles. The van der Waals surface area contributed by atoms with Crippen LogP contribution in [0.5, 0.6) is 0 Å². The number of alkyl halides is 3. The Bertz CT molecular complexity index is 294. The van der Waals surface area contributed by atoms with Gasteiger partial charge in [-0.15, -0.1) is 0 Å². The van der Waals surface area contributed by atoms with Gasteiger partial charge in [0.25, 0.3) is 0 Å². The van der Waals surface area contributed by atoms with Crippen LogP contribution >= 0.6 is 0 Å². The van der Waals surface area contributed by atoms with Gasteiger partial charge in [-0.1, -0.05) is 12.8 Å². The molecule has 0 radical (unpaired) electrons. The molecule has 0 saturated heterocycles. The molecule has 1 rings (SSSR count). The van der Waals surface area contributed by atoms with E-state index >= 15 is 0 Å². The summed E-state index contributed by atoms with van der Waals surface area (Å²) in [4.78, 5) is 0. The fourth-order valence-corrected chi connectivity index (χ4v) is 3.47. The molecule has 1 aliphatic rings. The van der Waals surface area contributed by atoms with E-state index in [2.05, 4.69) is 0 Å². The van der Waals surface area contributed by atoms with Gasteiger partial charge >= 0.3 is 6.18 Å². The van der Waals surface area contributed by atoms with Gasteiger partial charge in [0, 0.05) is 6.26 Å². The maximum absolute atomic E-state index is 12.5. The van der Waals surface area contributed by atoms with Crippen LogP contribution in [0.3, 0.4) is 0 Å². The quantitative estimate of drug-likeness (QED) is 0.691. The first-order valence-electron chi connectivity index (χ1n) is 4.48. The van der Waals surface area contributed by atoms with Crippen molar-refractivity contribution in [1.82, 2.24) is 0 Å². The Morgan fingerprint density at radius 2 is 1.64 bits per heavy atom. The zero-order chi connectivity index (χ0) is 11.0. The number of hydrogen-bond donors (Lipinski definition) is 0. The summed E-state index contributed by atoms with van der Waals surface area (Å²) >= 11 is 0. The van der Waals surface area contributed by atoms with Crippen LogP contribution in [0.2, 0.25) is 0 Å². The van der Waals surface area contributed by atoms with Crippen molar-refractivity contribution in [1.29, 1.82) is 0 Å². The lowest BCUT2D eigenvalue weighted by Crippen LogP contribution is -2.41. The summed E-state index contributed by atoms with van der Waals surface area (Å²) in [6.07, 6.45) is -2.36. The minimum atomic E-state index is -4.38. The summed E-state index contributed by atoms with van der Waals surface area (Å²) in [7, 11) is -3.58. The monoisotopic (exact) mass is 230 g/mol. The summed E-state index contributed by atoms with van der Waals surface area (Å²) in [6.45, 7) is 0. The standard InChI is InChI=1S/C8H13F3O2S/c1-14(12,13)7-5-3-2-4-6(7)8(9,10)11/h6-7H,2-5H2,1H3. The van der Waals surface area contributed by atoms with Gasteiger partial charge in [-0.3, -0.25) is 0 Å². The normalized spacial score (nSPS) is 30.3. The van der Waals surface area contributed by atoms with E-state index in [1.54, 1.807) is 0 Å². The molecule has 6 heteroatoms. The maximum atomic E-state index is 12.5. The van der Waals surface area contributed by atoms with Gasteiger partial charge in [-0.2, -0.15) is 13.2 Å². The van der Waals surface area contributed by atoms with Crippen LogP contribution in [0, 0.1) is 5.92 Å². The van der Waals surface area contributed by atoms with E-state index in [4.69, 9.17) is 0 Å². The minimum absolute atomic E-state index is 0.0543. The van der Waals surface area contributed by atoms with Crippen LogP contribution in [-0.2, 0) is 9.84 Å². The van der Waals surface area contributed by atoms with Crippen LogP contribution in [0.15, 0.2) is 0 Å². The third-order valence-corrected chi connectivity index (χ3v) is 4.34. The zero-order valence-electron chi connectivity index (χ0n) is 7.84. The molecule has 1 fully saturated rings. The number of hydrogen-bond acceptors (Lipinski definition) is 2. The first kappa shape index (κ1) is 11.8. The van der Waals surface area contributed by atoms with Gasteiger partial charge in [0.15, 0.2) is 9.84 Å². The van der Waals surface area contributed by atoms with Crippen LogP contribution in [0.4, 0.5) is 13.2 Å². The van der Waals surface area contributed by atoms with Gasteiger partial charge in [0.05, 0.1) is 11.2 Å². The number of sulfone groups is 1. The first-order valence-corrected chi connectivity index (χ1v) is 6.44. The largest absolute Gasteiger partial charge is 0.393 e. The summed E-state index contributed by atoms with van der Waals surface area (Å²) in [5.41, 5.74) is 0. The molecule has 0 N–H and O–H groups in total. The van der Waals surface area contributed by atoms with Crippen molar-refractivity contribution in [3.8, 4) is 0 Å². The fourth-order valence-electron chi connectivity index (χ4n) is 1.98. The lowest BCUT2D eigenvalue weighted by Gasteiger charge is -2.31. The SMILES string of the molecule is CS(=O)(=O)C1CCCCC1C(F)(F)F. The predicted octanol–water partition coefficient (Wildman–Crippen LogP) is 2.15. The fraction of sp³-hybridized carbons (Fsp3) is 1.00. The Morgan fingerprint density at radius 3 is 2.00 bits per heavy atom. The molecular formula is C8H13F3O2S. The molecule has 0 amide bonds. The van der Waals surface area contributed by atoms with E-state index in [9.17, 15) is 21.6 Å². The lowest BCUT2D eigenvalue weighted by atomic mass is 9.88. The van der Waals surface area contributed by atoms with Gasteiger partial charge in [0.1, 0.15) is 0 Å². The van der Waals surface area contributed by atoms with E-state index in [0.717, 1.165) is 6.26 Å². The minimum Gasteiger partial charge on any atom is -0.229 e. The highest BCUT2D eigenvalue weighted by molar-refractivity contribution is 7.91. The van der Waals surface area contributed by atoms with Crippen molar-refractivity contribution in [2.45, 2.75) is 37.1 Å². The van der Waals surface area contributed by atoms with Gasteiger partial charge < -0.3 is 0 Å². The van der Waals surface area contributed by atoms with E-state index in [-0.39, 0.29) is 12.8 Å². The third-order valence-electron chi connectivity index (χ3n) is 2.67. The predicted molar refractivity (Wildman–Crippen MR) is 46.6 cm³/mol. The van der Waals surface area contributed by atoms with Crippen molar-refractivity contribution >= 4 is 9.84 Å². The van der Waals surface area contributed by atoms with Crippen LogP contribution in [0.1, 0.15) is 25.7 Å². The topological polar surface area (TPSA) is 34.1 Å². The lowest BCUT2D eigenvalue weighted by molar-refractivity contribution is -0.180. The van der Waals surface area contributed by atoms with Gasteiger partial charge in [0.2, 0.25) is 0 Å². The maximum Gasteiger partial charge on any atom is 0.393 e. The van der Waals surface area contributed by atoms with E-state index < -0.39 is 27.2 Å². The van der Waals surface area contributed by atoms with E-state index in [1.807, 2.05) is 0 Å². The Hall–Kier alpha value is -0.260. The molecule has 0 aromatic rings. The summed E-state index contributed by atoms with van der Waals surface area (Å²) < 4.78 is 59.7. The molecule has 14 heavy (non-hydrogen) atoms. The average Bonchev–Trinajstić information content (AvgIpc) is 2.01. The first-order chi connectivity index (χ1) is 6.23. The average molecular weight is 230 g/mol. The molecule has 0 aromatic carbocycles. The van der Waals surface area contributed by atoms with E-state index in [0.29, 0.717) is 12.8 Å². The molecule has 84 valence electrons. The summed E-state index contributed by atoms with van der Waals surface area (Å²) in [5, 5.41) is -1.23. The molecule has 2 nitrogen and oxygen atoms in total. The molecule has 0 heterocycles. The highest BCUT2D eigenvalue weighted by Crippen LogP contribution is 2.40. The summed E-state index contributed by atoms with van der Waals surface area (Å²) in [5.74, 6) is -1.66. The van der Waals surface area contributed by atoms with Gasteiger partial charge in [-0.25, -0.2) is 8.42 Å². The molecule has 0 spiro atoms. The number of rotatable bonds is 1. The number of halogens is 3. The van der Waals surface area contributed by atoms with Gasteiger partial charge in [-0.05, 0) is 12.8 Å². The van der Waals surface area contributed by atoms with Crippen molar-refractivity contribution in [3.05, 3.63) is 0 Å². The second-order valence-electron chi connectivity index (χ2n) is 3.80. The molecule has 1 aliphatic carbocycles. The molecule has 2 atom stereocenters. The zero-order valence-corrected chi connectivity index (χ0v) is 8.66. The Kier molecular flexibility index (Phi) is 3.13. The third kappa shape index (κ3) is 2.62. The van der Waals surface area contributed by atoms with E-state index in [1.165, 1.54) is 0 Å². The smallest absolute Gasteiger partial charge is 0.229 e. The highest BCUT2D eigenvalue weighted by atomic mass is 32.2. The Labute approximate surface area is 81.4 Å². The van der Waals surface area contributed by atoms with Crippen LogP contribution < -0.4 is 0 Å². The molecule has 0 bridgehead atoms. The molecule has 2 unspecified atom stereocenters. The highest BCUT2D eigenvalue weighted by Gasteiger charge is 2.48. The van der Waals surface area contributed by atoms with Crippen molar-refractivity contribution in [3.63, 3.8) is 0 Å². The Morgan fingerprint density at radius 1 is 1.14 bits per heavy atom.